The molecule has 1 aliphatic rings. The molecule has 4 rings (SSSR count). The lowest BCUT2D eigenvalue weighted by Crippen LogP contribution is -2.30. The fraction of sp³-hybridized carbons (Fsp3) is 0.320. The number of amides is 1. The van der Waals surface area contributed by atoms with E-state index in [1.807, 2.05) is 39.0 Å². The van der Waals surface area contributed by atoms with Gasteiger partial charge in [-0.25, -0.2) is 4.98 Å². The number of hydrogen-bond donors (Lipinski definition) is 1. The third-order valence-corrected chi connectivity index (χ3v) is 5.43. The van der Waals surface area contributed by atoms with Crippen molar-refractivity contribution in [2.24, 2.45) is 0 Å². The molecule has 166 valence electrons. The van der Waals surface area contributed by atoms with Crippen LogP contribution in [0.15, 0.2) is 47.3 Å². The highest BCUT2D eigenvalue weighted by Crippen LogP contribution is 2.35. The van der Waals surface area contributed by atoms with E-state index >= 15 is 0 Å². The summed E-state index contributed by atoms with van der Waals surface area (Å²) < 4.78 is 11.6. The normalized spacial score (nSPS) is 15.0. The summed E-state index contributed by atoms with van der Waals surface area (Å²) in [5.74, 6) is 1.84. The SMILES string of the molecule is CCOc1cc2c(cc1C=CC(=O)N(CC)Cc1nc3ccccc3c(=O)[nH]1)OC(C)C2. The lowest BCUT2D eigenvalue weighted by atomic mass is 10.1. The van der Waals surface area contributed by atoms with Crippen LogP contribution in [0.5, 0.6) is 11.5 Å². The second-order valence-electron chi connectivity index (χ2n) is 7.78. The lowest BCUT2D eigenvalue weighted by Gasteiger charge is -2.18. The third kappa shape index (κ3) is 4.51. The molecule has 0 spiro atoms. The molecule has 0 aliphatic carbocycles. The maximum Gasteiger partial charge on any atom is 0.258 e. The summed E-state index contributed by atoms with van der Waals surface area (Å²) in [5.41, 5.74) is 2.31. The van der Waals surface area contributed by atoms with Gasteiger partial charge in [0.05, 0.1) is 24.1 Å². The van der Waals surface area contributed by atoms with Crippen LogP contribution in [-0.4, -0.2) is 40.0 Å². The first-order valence-electron chi connectivity index (χ1n) is 10.9. The fourth-order valence-corrected chi connectivity index (χ4v) is 3.87. The van der Waals surface area contributed by atoms with Crippen LogP contribution >= 0.6 is 0 Å². The summed E-state index contributed by atoms with van der Waals surface area (Å²) in [4.78, 5) is 34.1. The molecule has 1 amide bonds. The molecule has 0 saturated heterocycles. The molecule has 0 fully saturated rings. The van der Waals surface area contributed by atoms with Crippen molar-refractivity contribution in [2.75, 3.05) is 13.2 Å². The maximum atomic E-state index is 12.9. The lowest BCUT2D eigenvalue weighted by molar-refractivity contribution is -0.126. The van der Waals surface area contributed by atoms with E-state index in [4.69, 9.17) is 9.47 Å². The van der Waals surface area contributed by atoms with Crippen molar-refractivity contribution < 1.29 is 14.3 Å². The van der Waals surface area contributed by atoms with Gasteiger partial charge in [-0.1, -0.05) is 12.1 Å². The maximum absolute atomic E-state index is 12.9. The number of ether oxygens (including phenoxy) is 2. The second kappa shape index (κ2) is 9.26. The first-order valence-corrected chi connectivity index (χ1v) is 10.9. The van der Waals surface area contributed by atoms with Gasteiger partial charge in [0.25, 0.3) is 5.56 Å². The molecule has 0 saturated carbocycles. The van der Waals surface area contributed by atoms with Gasteiger partial charge in [-0.2, -0.15) is 0 Å². The largest absolute Gasteiger partial charge is 0.493 e. The Morgan fingerprint density at radius 3 is 2.91 bits per heavy atom. The van der Waals surface area contributed by atoms with Crippen molar-refractivity contribution in [1.29, 1.82) is 0 Å². The topological polar surface area (TPSA) is 84.5 Å². The number of para-hydroxylation sites is 1. The molecule has 2 aromatic carbocycles. The zero-order valence-electron chi connectivity index (χ0n) is 18.6. The molecule has 0 radical (unpaired) electrons. The summed E-state index contributed by atoms with van der Waals surface area (Å²) in [7, 11) is 0. The van der Waals surface area contributed by atoms with Crippen molar-refractivity contribution in [3.05, 3.63) is 69.8 Å². The van der Waals surface area contributed by atoms with Gasteiger partial charge in [0.1, 0.15) is 23.4 Å². The highest BCUT2D eigenvalue weighted by atomic mass is 16.5. The van der Waals surface area contributed by atoms with E-state index in [0.29, 0.717) is 29.9 Å². The average Bonchev–Trinajstić information content (AvgIpc) is 3.14. The van der Waals surface area contributed by atoms with E-state index in [9.17, 15) is 9.59 Å². The molecule has 1 unspecified atom stereocenters. The first kappa shape index (κ1) is 21.6. The zero-order valence-corrected chi connectivity index (χ0v) is 18.6. The predicted molar refractivity (Wildman–Crippen MR) is 124 cm³/mol. The van der Waals surface area contributed by atoms with E-state index in [-0.39, 0.29) is 24.1 Å². The van der Waals surface area contributed by atoms with Gasteiger partial charge in [-0.15, -0.1) is 0 Å². The van der Waals surface area contributed by atoms with Crippen molar-refractivity contribution in [3.8, 4) is 11.5 Å². The van der Waals surface area contributed by atoms with E-state index in [1.54, 1.807) is 29.2 Å². The number of carbonyl (C=O) groups excluding carboxylic acids is 1. The number of aromatic nitrogens is 2. The summed E-state index contributed by atoms with van der Waals surface area (Å²) in [6.07, 6.45) is 4.25. The number of fused-ring (bicyclic) bond motifs is 2. The van der Waals surface area contributed by atoms with Crippen LogP contribution in [0, 0.1) is 0 Å². The zero-order chi connectivity index (χ0) is 22.7. The number of hydrogen-bond acceptors (Lipinski definition) is 5. The molecule has 1 aliphatic heterocycles. The Balaban J connectivity index is 1.55. The minimum atomic E-state index is -0.210. The molecule has 2 heterocycles. The highest BCUT2D eigenvalue weighted by Gasteiger charge is 2.21. The summed E-state index contributed by atoms with van der Waals surface area (Å²) >= 11 is 0. The summed E-state index contributed by atoms with van der Waals surface area (Å²) in [6, 6.07) is 11.1. The Morgan fingerprint density at radius 1 is 1.31 bits per heavy atom. The van der Waals surface area contributed by atoms with Gasteiger partial charge in [-0.05, 0) is 51.1 Å². The van der Waals surface area contributed by atoms with E-state index in [2.05, 4.69) is 9.97 Å². The molecule has 1 aromatic heterocycles. The molecule has 1 N–H and O–H groups in total. The Kier molecular flexibility index (Phi) is 6.25. The van der Waals surface area contributed by atoms with Gasteiger partial charge in [0, 0.05) is 30.2 Å². The van der Waals surface area contributed by atoms with Crippen molar-refractivity contribution >= 4 is 22.9 Å². The van der Waals surface area contributed by atoms with Crippen molar-refractivity contribution in [2.45, 2.75) is 39.8 Å². The van der Waals surface area contributed by atoms with Crippen LogP contribution in [-0.2, 0) is 17.8 Å². The highest BCUT2D eigenvalue weighted by molar-refractivity contribution is 5.92. The molecule has 7 nitrogen and oxygen atoms in total. The smallest absolute Gasteiger partial charge is 0.258 e. The molecule has 32 heavy (non-hydrogen) atoms. The summed E-state index contributed by atoms with van der Waals surface area (Å²) in [5, 5.41) is 0.530. The quantitative estimate of drug-likeness (QED) is 0.574. The predicted octanol–water partition coefficient (Wildman–Crippen LogP) is 3.71. The molecule has 7 heteroatoms. The Bertz CT molecular complexity index is 1230. The minimum absolute atomic E-state index is 0.132. The summed E-state index contributed by atoms with van der Waals surface area (Å²) in [6.45, 7) is 7.07. The van der Waals surface area contributed by atoms with E-state index in [1.165, 1.54) is 6.08 Å². The van der Waals surface area contributed by atoms with E-state index < -0.39 is 0 Å². The van der Waals surface area contributed by atoms with Crippen LogP contribution in [0.4, 0.5) is 0 Å². The second-order valence-corrected chi connectivity index (χ2v) is 7.78. The van der Waals surface area contributed by atoms with Gasteiger partial charge < -0.3 is 19.4 Å². The van der Waals surface area contributed by atoms with Gasteiger partial charge in [0.2, 0.25) is 5.91 Å². The third-order valence-electron chi connectivity index (χ3n) is 5.43. The number of likely N-dealkylation sites (N-methyl/N-ethyl adjacent to an activating group) is 1. The minimum Gasteiger partial charge on any atom is -0.493 e. The standard InChI is InChI=1S/C25H27N3O4/c1-4-28(15-23-26-20-9-7-6-8-19(20)25(30)27-23)24(29)11-10-17-13-22-18(12-16(3)32-22)14-21(17)31-5-2/h6-11,13-14,16H,4-5,12,15H2,1-3H3,(H,26,27,30). The van der Waals surface area contributed by atoms with Crippen molar-refractivity contribution in [3.63, 3.8) is 0 Å². The molecular formula is C25H27N3O4. The molecular weight excluding hydrogens is 406 g/mol. The van der Waals surface area contributed by atoms with Crippen LogP contribution in [0.25, 0.3) is 17.0 Å². The van der Waals surface area contributed by atoms with Crippen LogP contribution in [0.2, 0.25) is 0 Å². The Labute approximate surface area is 186 Å². The monoisotopic (exact) mass is 433 g/mol. The van der Waals surface area contributed by atoms with Gasteiger partial charge in [-0.3, -0.25) is 9.59 Å². The van der Waals surface area contributed by atoms with E-state index in [0.717, 1.165) is 29.0 Å². The Hall–Kier alpha value is -3.61. The average molecular weight is 434 g/mol. The van der Waals surface area contributed by atoms with Gasteiger partial charge in [0.15, 0.2) is 0 Å². The fourth-order valence-electron chi connectivity index (χ4n) is 3.87. The van der Waals surface area contributed by atoms with Gasteiger partial charge >= 0.3 is 0 Å². The number of carbonyl (C=O) groups is 1. The molecule has 3 aromatic rings. The number of benzene rings is 2. The van der Waals surface area contributed by atoms with Crippen LogP contribution in [0.3, 0.4) is 0 Å². The molecule has 1 atom stereocenters. The van der Waals surface area contributed by atoms with Crippen LogP contribution in [0.1, 0.15) is 37.7 Å². The Morgan fingerprint density at radius 2 is 2.12 bits per heavy atom. The number of rotatable bonds is 7. The number of nitrogens with zero attached hydrogens (tertiary/aromatic N) is 2. The first-order chi connectivity index (χ1) is 15.5. The van der Waals surface area contributed by atoms with Crippen molar-refractivity contribution in [1.82, 2.24) is 14.9 Å². The number of nitrogens with one attached hydrogen (secondary N) is 1. The molecule has 0 bridgehead atoms. The number of aromatic amines is 1. The van der Waals surface area contributed by atoms with Crippen LogP contribution < -0.4 is 15.0 Å². The number of H-pyrrole nitrogens is 1.